The molecule has 0 unspecified atom stereocenters. The molecule has 0 radical (unpaired) electrons. The van der Waals surface area contributed by atoms with Crippen LogP contribution >= 0.6 is 11.6 Å². The number of halogens is 1. The summed E-state index contributed by atoms with van der Waals surface area (Å²) in [6.07, 6.45) is 1.63. The summed E-state index contributed by atoms with van der Waals surface area (Å²) in [5.41, 5.74) is 1.91. The highest BCUT2D eigenvalue weighted by Gasteiger charge is 2.11. The third-order valence-electron chi connectivity index (χ3n) is 3.01. The molecule has 23 heavy (non-hydrogen) atoms. The zero-order valence-corrected chi connectivity index (χ0v) is 13.4. The number of amides is 2. The molecule has 4 nitrogen and oxygen atoms in total. The van der Waals surface area contributed by atoms with Crippen molar-refractivity contribution in [3.63, 3.8) is 0 Å². The molecular formula is C18H17ClN2O2. The predicted octanol–water partition coefficient (Wildman–Crippen LogP) is 3.13. The van der Waals surface area contributed by atoms with Gasteiger partial charge in [0, 0.05) is 18.5 Å². The number of hydrogen-bond donors (Lipinski definition) is 2. The maximum atomic E-state index is 12.3. The quantitative estimate of drug-likeness (QED) is 0.828. The Morgan fingerprint density at radius 1 is 1.09 bits per heavy atom. The van der Waals surface area contributed by atoms with Crippen LogP contribution in [0.4, 0.5) is 0 Å². The first-order valence-electron chi connectivity index (χ1n) is 7.11. The maximum Gasteiger partial charge on any atom is 0.268 e. The molecule has 0 heterocycles. The van der Waals surface area contributed by atoms with Crippen LogP contribution in [-0.2, 0) is 16.1 Å². The van der Waals surface area contributed by atoms with Gasteiger partial charge in [-0.1, -0.05) is 54.1 Å². The lowest BCUT2D eigenvalue weighted by Gasteiger charge is -2.10. The first-order valence-corrected chi connectivity index (χ1v) is 7.49. The second-order valence-electron chi connectivity index (χ2n) is 4.96. The summed E-state index contributed by atoms with van der Waals surface area (Å²) < 4.78 is 0. The minimum absolute atomic E-state index is 0.200. The Kier molecular flexibility index (Phi) is 5.94. The van der Waals surface area contributed by atoms with E-state index < -0.39 is 0 Å². The topological polar surface area (TPSA) is 58.2 Å². The number of benzene rings is 2. The fourth-order valence-corrected chi connectivity index (χ4v) is 2.20. The number of nitrogens with one attached hydrogen (secondary N) is 2. The van der Waals surface area contributed by atoms with E-state index in [4.69, 9.17) is 11.6 Å². The summed E-state index contributed by atoms with van der Waals surface area (Å²) in [5, 5.41) is 5.94. The highest BCUT2D eigenvalue weighted by molar-refractivity contribution is 6.30. The van der Waals surface area contributed by atoms with Crippen LogP contribution in [0.5, 0.6) is 0 Å². The Hall–Kier alpha value is -2.59. The smallest absolute Gasteiger partial charge is 0.268 e. The fourth-order valence-electron chi connectivity index (χ4n) is 1.99. The van der Waals surface area contributed by atoms with E-state index in [0.29, 0.717) is 11.6 Å². The van der Waals surface area contributed by atoms with Gasteiger partial charge in [-0.15, -0.1) is 0 Å². The summed E-state index contributed by atoms with van der Waals surface area (Å²) in [6, 6.07) is 16.5. The van der Waals surface area contributed by atoms with Crippen molar-refractivity contribution in [2.24, 2.45) is 0 Å². The van der Waals surface area contributed by atoms with Crippen molar-refractivity contribution in [2.45, 2.75) is 13.5 Å². The van der Waals surface area contributed by atoms with Gasteiger partial charge in [0.25, 0.3) is 5.91 Å². The van der Waals surface area contributed by atoms with Gasteiger partial charge in [0.05, 0.1) is 0 Å². The van der Waals surface area contributed by atoms with Crippen molar-refractivity contribution in [1.29, 1.82) is 0 Å². The molecule has 118 valence electrons. The minimum atomic E-state index is -0.357. The molecule has 2 N–H and O–H groups in total. The molecule has 2 amide bonds. The molecule has 2 aromatic rings. The van der Waals surface area contributed by atoms with Crippen LogP contribution in [0, 0.1) is 0 Å². The van der Waals surface area contributed by atoms with Crippen molar-refractivity contribution in [3.05, 3.63) is 76.4 Å². The lowest BCUT2D eigenvalue weighted by atomic mass is 10.2. The average molecular weight is 329 g/mol. The monoisotopic (exact) mass is 328 g/mol. The highest BCUT2D eigenvalue weighted by Crippen LogP contribution is 2.11. The first kappa shape index (κ1) is 16.8. The van der Waals surface area contributed by atoms with Crippen molar-refractivity contribution >= 4 is 29.5 Å². The summed E-state index contributed by atoms with van der Waals surface area (Å²) in [7, 11) is 0. The molecule has 0 fully saturated rings. The van der Waals surface area contributed by atoms with Gasteiger partial charge in [0.1, 0.15) is 5.70 Å². The number of rotatable bonds is 5. The van der Waals surface area contributed by atoms with E-state index in [-0.39, 0.29) is 17.5 Å². The molecule has 0 saturated carbocycles. The van der Waals surface area contributed by atoms with E-state index in [1.807, 2.05) is 42.5 Å². The second-order valence-corrected chi connectivity index (χ2v) is 5.40. The summed E-state index contributed by atoms with van der Waals surface area (Å²) >= 11 is 5.92. The third-order valence-corrected chi connectivity index (χ3v) is 3.24. The van der Waals surface area contributed by atoms with E-state index in [9.17, 15) is 9.59 Å². The van der Waals surface area contributed by atoms with Gasteiger partial charge in [-0.25, -0.2) is 0 Å². The van der Waals surface area contributed by atoms with Gasteiger partial charge >= 0.3 is 0 Å². The SMILES string of the molecule is CC(=O)N/C(=C\c1ccccc1)C(=O)NCc1cccc(Cl)c1. The third kappa shape index (κ3) is 5.60. The normalized spacial score (nSPS) is 11.0. The van der Waals surface area contributed by atoms with Crippen LogP contribution < -0.4 is 10.6 Å². The Balaban J connectivity index is 2.10. The number of carbonyl (C=O) groups excluding carboxylic acids is 2. The molecule has 5 heteroatoms. The van der Waals surface area contributed by atoms with E-state index in [1.165, 1.54) is 6.92 Å². The fraction of sp³-hybridized carbons (Fsp3) is 0.111. The summed E-state index contributed by atoms with van der Waals surface area (Å²) in [6.45, 7) is 1.69. The van der Waals surface area contributed by atoms with Gasteiger partial charge in [-0.3, -0.25) is 9.59 Å². The summed E-state index contributed by atoms with van der Waals surface area (Å²) in [5.74, 6) is -0.658. The largest absolute Gasteiger partial charge is 0.347 e. The molecule has 0 saturated heterocycles. The van der Waals surface area contributed by atoms with Crippen LogP contribution in [0.3, 0.4) is 0 Å². The lowest BCUT2D eigenvalue weighted by molar-refractivity contribution is -0.122. The van der Waals surface area contributed by atoms with Crippen molar-refractivity contribution in [1.82, 2.24) is 10.6 Å². The maximum absolute atomic E-state index is 12.3. The van der Waals surface area contributed by atoms with Gasteiger partial charge in [0.15, 0.2) is 0 Å². The Bertz CT molecular complexity index is 727. The van der Waals surface area contributed by atoms with Gasteiger partial charge in [0.2, 0.25) is 5.91 Å². The molecule has 0 aliphatic rings. The van der Waals surface area contributed by atoms with E-state index in [2.05, 4.69) is 10.6 Å². The minimum Gasteiger partial charge on any atom is -0.347 e. The lowest BCUT2D eigenvalue weighted by Crippen LogP contribution is -2.33. The molecule has 0 bridgehead atoms. The Morgan fingerprint density at radius 3 is 2.48 bits per heavy atom. The predicted molar refractivity (Wildman–Crippen MR) is 91.5 cm³/mol. The number of carbonyl (C=O) groups is 2. The molecule has 0 aliphatic heterocycles. The van der Waals surface area contributed by atoms with Gasteiger partial charge in [-0.2, -0.15) is 0 Å². The van der Waals surface area contributed by atoms with Crippen LogP contribution in [-0.4, -0.2) is 11.8 Å². The van der Waals surface area contributed by atoms with Crippen LogP contribution in [0.2, 0.25) is 5.02 Å². The molecule has 0 aromatic heterocycles. The van der Waals surface area contributed by atoms with Crippen LogP contribution in [0.15, 0.2) is 60.3 Å². The Labute approximate surface area is 140 Å². The average Bonchev–Trinajstić information content (AvgIpc) is 2.52. The zero-order chi connectivity index (χ0) is 16.7. The van der Waals surface area contributed by atoms with E-state index in [0.717, 1.165) is 11.1 Å². The highest BCUT2D eigenvalue weighted by atomic mass is 35.5. The van der Waals surface area contributed by atoms with Gasteiger partial charge < -0.3 is 10.6 Å². The second kappa shape index (κ2) is 8.15. The molecule has 0 aliphatic carbocycles. The van der Waals surface area contributed by atoms with Crippen LogP contribution in [0.1, 0.15) is 18.1 Å². The number of hydrogen-bond acceptors (Lipinski definition) is 2. The van der Waals surface area contributed by atoms with Crippen molar-refractivity contribution in [3.8, 4) is 0 Å². The standard InChI is InChI=1S/C18H17ClN2O2/c1-13(22)21-17(11-14-6-3-2-4-7-14)18(23)20-12-15-8-5-9-16(19)10-15/h2-11H,12H2,1H3,(H,20,23)(H,21,22)/b17-11-. The van der Waals surface area contributed by atoms with E-state index >= 15 is 0 Å². The zero-order valence-electron chi connectivity index (χ0n) is 12.7. The van der Waals surface area contributed by atoms with E-state index in [1.54, 1.807) is 18.2 Å². The van der Waals surface area contributed by atoms with Crippen LogP contribution in [0.25, 0.3) is 6.08 Å². The molecule has 0 spiro atoms. The van der Waals surface area contributed by atoms with Gasteiger partial charge in [-0.05, 0) is 29.3 Å². The summed E-state index contributed by atoms with van der Waals surface area (Å²) in [4.78, 5) is 23.6. The molecule has 2 rings (SSSR count). The van der Waals surface area contributed by atoms with Crippen molar-refractivity contribution < 1.29 is 9.59 Å². The molecule has 0 atom stereocenters. The molecular weight excluding hydrogens is 312 g/mol. The Morgan fingerprint density at radius 2 is 1.83 bits per heavy atom. The molecule has 2 aromatic carbocycles. The van der Waals surface area contributed by atoms with Crippen molar-refractivity contribution in [2.75, 3.05) is 0 Å². The first-order chi connectivity index (χ1) is 11.0.